The fraction of sp³-hybridized carbons (Fsp3) is 0.896. The van der Waals surface area contributed by atoms with Crippen LogP contribution in [0.5, 0.6) is 0 Å². The van der Waals surface area contributed by atoms with E-state index in [-0.39, 0.29) is 18.9 Å². The van der Waals surface area contributed by atoms with Crippen molar-refractivity contribution in [2.45, 2.75) is 255 Å². The molecule has 1 fully saturated rings. The van der Waals surface area contributed by atoms with Crippen LogP contribution in [0.2, 0.25) is 0 Å². The van der Waals surface area contributed by atoms with Crippen molar-refractivity contribution in [2.24, 2.45) is 0 Å². The molecule has 0 spiro atoms. The lowest BCUT2D eigenvalue weighted by molar-refractivity contribution is -0.298. The molecule has 0 radical (unpaired) electrons. The van der Waals surface area contributed by atoms with E-state index in [0.29, 0.717) is 6.42 Å². The van der Waals surface area contributed by atoms with E-state index >= 15 is 0 Å². The summed E-state index contributed by atoms with van der Waals surface area (Å²) in [5.74, 6) is -0.263. The maximum absolute atomic E-state index is 13.1. The van der Waals surface area contributed by atoms with E-state index in [2.05, 4.69) is 51.2 Å². The molecule has 1 rings (SSSR count). The van der Waals surface area contributed by atoms with Crippen LogP contribution in [0.25, 0.3) is 0 Å². The second-order valence-electron chi connectivity index (χ2n) is 17.4. The van der Waals surface area contributed by atoms with Gasteiger partial charge >= 0.3 is 10.4 Å². The summed E-state index contributed by atoms with van der Waals surface area (Å²) in [5.41, 5.74) is 0. The zero-order chi connectivity index (χ0) is 45.5. The summed E-state index contributed by atoms with van der Waals surface area (Å²) in [7, 11) is -5.08. The van der Waals surface area contributed by atoms with E-state index in [0.717, 1.165) is 38.5 Å². The predicted octanol–water partition coefficient (Wildman–Crippen LogP) is 10.5. The van der Waals surface area contributed by atoms with E-state index in [4.69, 9.17) is 9.47 Å². The van der Waals surface area contributed by atoms with Crippen molar-refractivity contribution in [3.8, 4) is 0 Å². The number of alkyl halides is 1. The van der Waals surface area contributed by atoms with Gasteiger partial charge in [-0.25, -0.2) is 4.18 Å². The number of unbranched alkanes of at least 4 members (excludes halogenated alkanes) is 28. The van der Waals surface area contributed by atoms with Crippen molar-refractivity contribution in [3.63, 3.8) is 0 Å². The predicted molar refractivity (Wildman–Crippen MR) is 259 cm³/mol. The quantitative estimate of drug-likeness (QED) is 0.0112. The monoisotopic (exact) mass is 1020 g/mol. The number of nitrogens with one attached hydrogen (secondary N) is 1. The molecule has 1 aliphatic rings. The van der Waals surface area contributed by atoms with Crippen molar-refractivity contribution in [2.75, 3.05) is 17.6 Å². The van der Waals surface area contributed by atoms with Gasteiger partial charge in [-0.15, -0.1) is 0 Å². The van der Waals surface area contributed by atoms with Gasteiger partial charge in [0.25, 0.3) is 0 Å². The number of halogens is 1. The number of carbonyl (C=O) groups excluding carboxylic acids is 1. The Labute approximate surface area is 391 Å². The number of ether oxygens (including phenoxy) is 2. The molecular formula is C48H90INO11S. The van der Waals surface area contributed by atoms with Crippen LogP contribution < -0.4 is 5.32 Å². The van der Waals surface area contributed by atoms with Gasteiger partial charge in [-0.1, -0.05) is 201 Å². The Morgan fingerprint density at radius 1 is 0.677 bits per heavy atom. The summed E-state index contributed by atoms with van der Waals surface area (Å²) >= 11 is 2.46. The summed E-state index contributed by atoms with van der Waals surface area (Å²) in [4.78, 5) is 13.1. The number of aliphatic hydroxyl groups excluding tert-OH is 4. The van der Waals surface area contributed by atoms with Gasteiger partial charge < -0.3 is 35.2 Å². The van der Waals surface area contributed by atoms with Gasteiger partial charge in [0.15, 0.2) is 6.29 Å². The van der Waals surface area contributed by atoms with E-state index < -0.39 is 59.9 Å². The first-order valence-corrected chi connectivity index (χ1v) is 27.7. The van der Waals surface area contributed by atoms with Gasteiger partial charge in [-0.3, -0.25) is 9.35 Å². The molecular weight excluding hydrogens is 925 g/mol. The first kappa shape index (κ1) is 59.3. The Morgan fingerprint density at radius 2 is 1.11 bits per heavy atom. The Bertz CT molecular complexity index is 1210. The number of allylic oxidation sites excluding steroid dienone is 3. The Morgan fingerprint density at radius 3 is 1.56 bits per heavy atom. The third kappa shape index (κ3) is 32.9. The molecule has 5 unspecified atom stereocenters. The van der Waals surface area contributed by atoms with Crippen LogP contribution in [-0.2, 0) is 28.9 Å². The van der Waals surface area contributed by atoms with Crippen LogP contribution in [0.15, 0.2) is 24.3 Å². The Kier molecular flexibility index (Phi) is 38.8. The SMILES string of the molecule is CCCCCCCCCCCCC/C=C/C(O)C(CO[C@@H]1OC(CO)[C@H](O)C(OS(=O)(=O)O)C1O)NC(=O)CCCCCCCCCCCCC/C=C\CCCCCCCCI. The van der Waals surface area contributed by atoms with E-state index in [9.17, 15) is 38.2 Å². The summed E-state index contributed by atoms with van der Waals surface area (Å²) < 4.78 is 48.9. The summed E-state index contributed by atoms with van der Waals surface area (Å²) in [6, 6.07) is -0.941. The lowest BCUT2D eigenvalue weighted by atomic mass is 9.99. The van der Waals surface area contributed by atoms with Gasteiger partial charge in [0.2, 0.25) is 5.91 Å². The minimum Gasteiger partial charge on any atom is -0.394 e. The van der Waals surface area contributed by atoms with Crippen LogP contribution in [0.3, 0.4) is 0 Å². The second kappa shape index (κ2) is 40.6. The Hall–Kier alpha value is -0.690. The lowest BCUT2D eigenvalue weighted by Gasteiger charge is -2.41. The maximum Gasteiger partial charge on any atom is 0.397 e. The van der Waals surface area contributed by atoms with Crippen molar-refractivity contribution in [3.05, 3.63) is 24.3 Å². The lowest BCUT2D eigenvalue weighted by Crippen LogP contribution is -2.61. The average Bonchev–Trinajstić information content (AvgIpc) is 3.24. The Balaban J connectivity index is 2.42. The third-order valence-electron chi connectivity index (χ3n) is 11.8. The van der Waals surface area contributed by atoms with Crippen molar-refractivity contribution in [1.82, 2.24) is 5.32 Å². The normalized spacial score (nSPS) is 20.7. The molecule has 1 heterocycles. The van der Waals surface area contributed by atoms with Crippen LogP contribution in [0, 0.1) is 0 Å². The zero-order valence-electron chi connectivity index (χ0n) is 38.6. The van der Waals surface area contributed by atoms with Gasteiger partial charge in [-0.2, -0.15) is 8.42 Å². The number of hydrogen-bond donors (Lipinski definition) is 6. The summed E-state index contributed by atoms with van der Waals surface area (Å²) in [5, 5.41) is 44.7. The standard InChI is InChI=1S/C48H90INO11S/c1-2-3-4-5-6-7-8-18-21-24-27-30-33-36-42(52)41(40-59-48-46(55)47(61-62(56,57)58)45(54)43(39-51)60-48)50-44(53)37-34-31-28-25-22-19-16-14-12-10-9-11-13-15-17-20-23-26-29-32-35-38-49/h13,15,33,36,41-43,45-48,51-52,54-55H,2-12,14,16-32,34-35,37-40H2,1H3,(H,50,53)(H,56,57,58)/b15-13-,36-33+/t41?,42?,43?,45-,46?,47?,48+/m0/s1. The van der Waals surface area contributed by atoms with Crippen LogP contribution in [0.4, 0.5) is 0 Å². The third-order valence-corrected chi connectivity index (χ3v) is 13.0. The minimum atomic E-state index is -5.08. The molecule has 0 saturated carbocycles. The number of carbonyl (C=O) groups is 1. The zero-order valence-corrected chi connectivity index (χ0v) is 41.5. The molecule has 1 amide bonds. The number of amides is 1. The highest BCUT2D eigenvalue weighted by Crippen LogP contribution is 2.26. The molecule has 14 heteroatoms. The van der Waals surface area contributed by atoms with E-state index in [1.807, 2.05) is 6.08 Å². The van der Waals surface area contributed by atoms with Crippen LogP contribution in [0.1, 0.15) is 212 Å². The van der Waals surface area contributed by atoms with E-state index in [1.165, 1.54) is 159 Å². The van der Waals surface area contributed by atoms with Crippen molar-refractivity contribution >= 4 is 38.9 Å². The molecule has 1 saturated heterocycles. The molecule has 0 aromatic rings. The van der Waals surface area contributed by atoms with Gasteiger partial charge in [0.05, 0.1) is 25.4 Å². The van der Waals surface area contributed by atoms with Gasteiger partial charge in [0, 0.05) is 6.42 Å². The number of hydrogen-bond acceptors (Lipinski definition) is 10. The molecule has 7 atom stereocenters. The highest BCUT2D eigenvalue weighted by molar-refractivity contribution is 14.1. The number of aliphatic hydroxyl groups is 4. The molecule has 366 valence electrons. The molecule has 0 aromatic carbocycles. The molecule has 0 aliphatic carbocycles. The molecule has 1 aliphatic heterocycles. The molecule has 12 nitrogen and oxygen atoms in total. The average molecular weight is 1020 g/mol. The highest BCUT2D eigenvalue weighted by atomic mass is 127. The largest absolute Gasteiger partial charge is 0.397 e. The summed E-state index contributed by atoms with van der Waals surface area (Å²) in [6.45, 7) is 1.12. The maximum atomic E-state index is 13.1. The fourth-order valence-electron chi connectivity index (χ4n) is 7.88. The molecule has 6 N–H and O–H groups in total. The highest BCUT2D eigenvalue weighted by Gasteiger charge is 2.48. The van der Waals surface area contributed by atoms with Crippen molar-refractivity contribution in [1.29, 1.82) is 0 Å². The summed E-state index contributed by atoms with van der Waals surface area (Å²) in [6.07, 6.45) is 36.5. The van der Waals surface area contributed by atoms with Crippen LogP contribution >= 0.6 is 22.6 Å². The fourth-order valence-corrected chi connectivity index (χ4v) is 8.93. The van der Waals surface area contributed by atoms with Crippen LogP contribution in [-0.4, -0.2) is 99.8 Å². The van der Waals surface area contributed by atoms with Crippen molar-refractivity contribution < 1.29 is 51.8 Å². The van der Waals surface area contributed by atoms with Gasteiger partial charge in [0.1, 0.15) is 24.4 Å². The second-order valence-corrected chi connectivity index (χ2v) is 19.6. The minimum absolute atomic E-state index is 0.263. The molecule has 0 aromatic heterocycles. The number of rotatable bonds is 43. The van der Waals surface area contributed by atoms with Gasteiger partial charge in [-0.05, 0) is 55.8 Å². The smallest absolute Gasteiger partial charge is 0.394 e. The molecule has 62 heavy (non-hydrogen) atoms. The van der Waals surface area contributed by atoms with E-state index in [1.54, 1.807) is 6.08 Å². The first-order valence-electron chi connectivity index (χ1n) is 24.8. The first-order chi connectivity index (χ1) is 30.0. The molecule has 0 bridgehead atoms. The topological polar surface area (TPSA) is 192 Å².